The second-order valence-corrected chi connectivity index (χ2v) is 28.8. The lowest BCUT2D eigenvalue weighted by Crippen LogP contribution is -2.60. The Morgan fingerprint density at radius 1 is 0.487 bits per heavy atom. The van der Waals surface area contributed by atoms with Gasteiger partial charge in [0.15, 0.2) is 0 Å². The monoisotopic (exact) mass is 1020 g/mol. The summed E-state index contributed by atoms with van der Waals surface area (Å²) in [5.41, 5.74) is 21.9. The maximum Gasteiger partial charge on any atom is 0.343 e. The van der Waals surface area contributed by atoms with Gasteiger partial charge in [0.05, 0.1) is 5.69 Å². The summed E-state index contributed by atoms with van der Waals surface area (Å²) in [6.45, 7) is 26.5. The molecule has 76 heavy (non-hydrogen) atoms. The van der Waals surface area contributed by atoms with Crippen molar-refractivity contribution < 1.29 is 4.42 Å². The number of para-hydroxylation sites is 1. The van der Waals surface area contributed by atoms with E-state index in [-0.39, 0.29) is 33.9 Å². The molecule has 0 bridgehead atoms. The Kier molecular flexibility index (Phi) is 9.55. The summed E-state index contributed by atoms with van der Waals surface area (Å²) >= 11 is 3.98. The molecule has 376 valence electrons. The van der Waals surface area contributed by atoms with Crippen LogP contribution in [0.5, 0.6) is 0 Å². The number of hydrogen-bond donors (Lipinski definition) is 0. The van der Waals surface area contributed by atoms with Gasteiger partial charge in [-0.3, -0.25) is 0 Å². The molecule has 2 aliphatic carbocycles. The molecule has 0 atom stereocenters. The topological polar surface area (TPSA) is 19.6 Å². The van der Waals surface area contributed by atoms with Crippen molar-refractivity contribution in [3.8, 4) is 22.3 Å². The highest BCUT2D eigenvalue weighted by Gasteiger charge is 2.49. The standard InChI is InChI=1S/C70H65BN2OS2/c1-66(2,3)42-23-27-43(28-24-42)72-56-36-48-45-19-15-16-20-57(45)74-64(48)61-49-33-46-47-34-51-53(69(8,9)31-29-67(51,4)5)37-58(47)75-60(46)39-55(49)73(44-25-21-41(22-26-44)40-17-13-12-14-18-40)71(62(56)61)65-63(72)50-35-52-54(38-59(50)76-65)70(10,11)32-30-68(52,6)7/h12-28,33-39H,29-32H2,1-11H3. The van der Waals surface area contributed by atoms with E-state index < -0.39 is 0 Å². The predicted octanol–water partition coefficient (Wildman–Crippen LogP) is 19.5. The molecule has 11 aromatic rings. The molecule has 0 saturated heterocycles. The zero-order valence-electron chi connectivity index (χ0n) is 45.9. The lowest BCUT2D eigenvalue weighted by atomic mass is 9.46. The maximum absolute atomic E-state index is 7.31. The minimum atomic E-state index is -0.158. The van der Waals surface area contributed by atoms with Crippen LogP contribution >= 0.6 is 22.7 Å². The first-order valence-corrected chi connectivity index (χ1v) is 29.4. The molecule has 0 saturated carbocycles. The molecule has 6 heteroatoms. The van der Waals surface area contributed by atoms with Gasteiger partial charge in [0.25, 0.3) is 0 Å². The summed E-state index contributed by atoms with van der Waals surface area (Å²) < 4.78 is 12.7. The number of fused-ring (bicyclic) bond motifs is 15. The number of thiophene rings is 2. The molecule has 0 N–H and O–H groups in total. The fraction of sp³-hybridized carbons (Fsp3) is 0.286. The van der Waals surface area contributed by atoms with E-state index in [1.54, 1.807) is 0 Å². The molecule has 3 nitrogen and oxygen atoms in total. The van der Waals surface area contributed by atoms with E-state index in [9.17, 15) is 0 Å². The summed E-state index contributed by atoms with van der Waals surface area (Å²) in [6.07, 6.45) is 4.72. The first-order chi connectivity index (χ1) is 36.3. The Hall–Kier alpha value is -6.60. The molecule has 3 aromatic heterocycles. The minimum Gasteiger partial charge on any atom is -0.455 e. The molecule has 0 unspecified atom stereocenters. The van der Waals surface area contributed by atoms with Crippen molar-refractivity contribution in [2.75, 3.05) is 9.71 Å². The van der Waals surface area contributed by atoms with Crippen LogP contribution in [0.1, 0.15) is 130 Å². The first kappa shape index (κ1) is 46.7. The number of nitrogens with zero attached hydrogens (tertiary/aromatic N) is 2. The van der Waals surface area contributed by atoms with E-state index >= 15 is 0 Å². The van der Waals surface area contributed by atoms with E-state index in [1.807, 2.05) is 22.7 Å². The van der Waals surface area contributed by atoms with Crippen molar-refractivity contribution in [3.63, 3.8) is 0 Å². The molecule has 15 rings (SSSR count). The van der Waals surface area contributed by atoms with Crippen molar-refractivity contribution >= 4 is 120 Å². The van der Waals surface area contributed by atoms with E-state index in [2.05, 4.69) is 231 Å². The average Bonchev–Trinajstić information content (AvgIpc) is 4.09. The first-order valence-electron chi connectivity index (χ1n) is 27.8. The molecule has 8 aromatic carbocycles. The smallest absolute Gasteiger partial charge is 0.343 e. The van der Waals surface area contributed by atoms with Crippen LogP contribution in [0, 0.1) is 0 Å². The molecule has 4 aliphatic rings. The predicted molar refractivity (Wildman–Crippen MR) is 330 cm³/mol. The summed E-state index contributed by atoms with van der Waals surface area (Å²) in [5, 5.41) is 6.33. The largest absolute Gasteiger partial charge is 0.455 e. The van der Waals surface area contributed by atoms with Crippen LogP contribution in [0.2, 0.25) is 0 Å². The van der Waals surface area contributed by atoms with E-state index in [1.165, 1.54) is 138 Å². The number of hydrogen-bond acceptors (Lipinski definition) is 5. The molecular weight excluding hydrogens is 960 g/mol. The van der Waals surface area contributed by atoms with Crippen LogP contribution in [0.3, 0.4) is 0 Å². The van der Waals surface area contributed by atoms with E-state index in [0.717, 1.165) is 28.4 Å². The van der Waals surface area contributed by atoms with Gasteiger partial charge >= 0.3 is 6.85 Å². The highest BCUT2D eigenvalue weighted by atomic mass is 32.1. The zero-order chi connectivity index (χ0) is 52.2. The normalized spacial score (nSPS) is 17.8. The van der Waals surface area contributed by atoms with Gasteiger partial charge in [-0.2, -0.15) is 0 Å². The molecule has 5 heterocycles. The third-order valence-electron chi connectivity index (χ3n) is 18.9. The van der Waals surface area contributed by atoms with Crippen LogP contribution in [-0.2, 0) is 27.1 Å². The molecular formula is C70H65BN2OS2. The number of rotatable bonds is 3. The fourth-order valence-corrected chi connectivity index (χ4v) is 16.6. The number of furan rings is 1. The summed E-state index contributed by atoms with van der Waals surface area (Å²) in [5.74, 6) is 0. The fourth-order valence-electron chi connectivity index (χ4n) is 14.2. The summed E-state index contributed by atoms with van der Waals surface area (Å²) in [4.78, 5) is 5.40. The Morgan fingerprint density at radius 3 is 1.67 bits per heavy atom. The second-order valence-electron chi connectivity index (χ2n) is 26.6. The lowest BCUT2D eigenvalue weighted by Gasteiger charge is -2.45. The molecule has 0 fully saturated rings. The Bertz CT molecular complexity index is 4270. The average molecular weight is 1030 g/mol. The maximum atomic E-state index is 7.31. The van der Waals surface area contributed by atoms with E-state index in [0.29, 0.717) is 0 Å². The SMILES string of the molecule is CC(C)(C)c1ccc(N2c3cc4c(oc5ccccc54)c4c3B(c3sc5cc6c(cc5c32)C(C)(C)CCC6(C)C)N(c2ccc(-c3ccccc3)cc2)c2cc3sc5cc6c(cc5c3cc2-4)C(C)(C)CCC6(C)C)cc1. The minimum absolute atomic E-state index is 0.0136. The molecule has 2 aliphatic heterocycles. The van der Waals surface area contributed by atoms with Crippen LogP contribution in [0.25, 0.3) is 74.5 Å². The molecule has 0 spiro atoms. The van der Waals surface area contributed by atoms with Crippen molar-refractivity contribution in [1.82, 2.24) is 0 Å². The van der Waals surface area contributed by atoms with Crippen molar-refractivity contribution in [3.05, 3.63) is 173 Å². The van der Waals surface area contributed by atoms with Crippen LogP contribution in [-0.4, -0.2) is 6.85 Å². The third-order valence-corrected chi connectivity index (χ3v) is 21.2. The molecule has 0 radical (unpaired) electrons. The molecule has 0 amide bonds. The third kappa shape index (κ3) is 6.59. The van der Waals surface area contributed by atoms with Gasteiger partial charge in [0.1, 0.15) is 11.2 Å². The van der Waals surface area contributed by atoms with Gasteiger partial charge in [-0.1, -0.05) is 149 Å². The Morgan fingerprint density at radius 2 is 1.03 bits per heavy atom. The highest BCUT2D eigenvalue weighted by Crippen LogP contribution is 2.57. The van der Waals surface area contributed by atoms with Gasteiger partial charge in [-0.25, -0.2) is 0 Å². The van der Waals surface area contributed by atoms with E-state index in [4.69, 9.17) is 4.42 Å². The summed E-state index contributed by atoms with van der Waals surface area (Å²) in [6, 6.07) is 56.6. The van der Waals surface area contributed by atoms with Gasteiger partial charge in [0, 0.05) is 79.7 Å². The van der Waals surface area contributed by atoms with Crippen molar-refractivity contribution in [2.45, 2.75) is 129 Å². The van der Waals surface area contributed by atoms with Crippen LogP contribution in [0.4, 0.5) is 28.4 Å². The van der Waals surface area contributed by atoms with Crippen molar-refractivity contribution in [2.24, 2.45) is 0 Å². The lowest BCUT2D eigenvalue weighted by molar-refractivity contribution is 0.332. The van der Waals surface area contributed by atoms with Gasteiger partial charge < -0.3 is 14.1 Å². The van der Waals surface area contributed by atoms with Crippen LogP contribution < -0.4 is 20.0 Å². The van der Waals surface area contributed by atoms with Crippen LogP contribution in [0.15, 0.2) is 150 Å². The Balaban J connectivity index is 1.10. The van der Waals surface area contributed by atoms with Crippen molar-refractivity contribution in [1.29, 1.82) is 0 Å². The summed E-state index contributed by atoms with van der Waals surface area (Å²) in [7, 11) is 0. The zero-order valence-corrected chi connectivity index (χ0v) is 47.5. The quantitative estimate of drug-likeness (QED) is 0.164. The highest BCUT2D eigenvalue weighted by molar-refractivity contribution is 7.32. The number of benzene rings is 8. The van der Waals surface area contributed by atoms with Gasteiger partial charge in [-0.15, -0.1) is 22.7 Å². The van der Waals surface area contributed by atoms with Gasteiger partial charge in [0.2, 0.25) is 0 Å². The Labute approximate surface area is 456 Å². The van der Waals surface area contributed by atoms with Gasteiger partial charge in [-0.05, 0) is 170 Å². The second kappa shape index (κ2) is 15.5. The number of anilines is 5.